The molecule has 0 saturated carbocycles. The van der Waals surface area contributed by atoms with E-state index in [-0.39, 0.29) is 68.3 Å². The van der Waals surface area contributed by atoms with Gasteiger partial charge in [0.05, 0.1) is 0 Å². The summed E-state index contributed by atoms with van der Waals surface area (Å²) >= 11 is 0. The first kappa shape index (κ1) is 31.1. The molecule has 0 fully saturated rings. The van der Waals surface area contributed by atoms with Gasteiger partial charge in [-0.05, 0) is 0 Å². The Hall–Kier alpha value is 2.61. The molecule has 1 unspecified atom stereocenters. The van der Waals surface area contributed by atoms with Gasteiger partial charge in [0.25, 0.3) is 0 Å². The van der Waals surface area contributed by atoms with Gasteiger partial charge in [0.1, 0.15) is 0 Å². The average molecular weight is 422 g/mol. The van der Waals surface area contributed by atoms with E-state index in [1.807, 2.05) is 0 Å². The van der Waals surface area contributed by atoms with Gasteiger partial charge in [0.2, 0.25) is 0 Å². The third kappa shape index (κ3) is 73.2. The Kier molecular flexibility index (Phi) is 88.1. The first-order valence-electron chi connectivity index (χ1n) is 0.548. The van der Waals surface area contributed by atoms with Crippen LogP contribution in [0.5, 0.6) is 0 Å². The maximum absolute atomic E-state index is 8.48. The molecule has 0 aliphatic carbocycles. The average Bonchev–Trinajstić information content (AvgIpc) is 0.811. The summed E-state index contributed by atoms with van der Waals surface area (Å²) in [6, 6.07) is 0. The van der Waals surface area contributed by atoms with Gasteiger partial charge in [-0.2, -0.15) is 9.90 Å². The fourth-order valence-corrected chi connectivity index (χ4v) is 0. The maximum Gasteiger partial charge on any atom is 0 e. The van der Waals surface area contributed by atoms with E-state index < -0.39 is 8.60 Å². The van der Waals surface area contributed by atoms with Crippen LogP contribution >= 0.6 is 18.5 Å². The Balaban J connectivity index is -0.00000000750. The van der Waals surface area contributed by atoms with Crippen molar-refractivity contribution in [2.24, 2.45) is 0 Å². The number of hydrogen-bond donors (Lipinski definition) is 0. The predicted octanol–water partition coefficient (Wildman–Crippen LogP) is -2.66. The smallest absolute Gasteiger partial charge is 0 e. The normalized spacial score (nSPS) is 4.50. The van der Waals surface area contributed by atoms with Crippen LogP contribution in [0.3, 0.4) is 0 Å². The SMILES string of the molecule is P.[O-]P([O-])[O-].[Rh].[Rh].[Rh]. The van der Waals surface area contributed by atoms with Crippen LogP contribution in [0.1, 0.15) is 0 Å². The minimum atomic E-state index is -3.37. The van der Waals surface area contributed by atoms with Crippen molar-refractivity contribution in [3.05, 3.63) is 0 Å². The summed E-state index contributed by atoms with van der Waals surface area (Å²) in [5.74, 6) is 0. The molecule has 3 nitrogen and oxygen atoms in total. The molecule has 61 valence electrons. The summed E-state index contributed by atoms with van der Waals surface area (Å²) in [5, 5.41) is 0. The summed E-state index contributed by atoms with van der Waals surface area (Å²) in [6.45, 7) is 0. The van der Waals surface area contributed by atoms with Crippen molar-refractivity contribution in [1.82, 2.24) is 0 Å². The molecule has 0 saturated heterocycles. The fraction of sp³-hybridized carbons (Fsp3) is 0. The summed E-state index contributed by atoms with van der Waals surface area (Å²) in [6.07, 6.45) is 0. The summed E-state index contributed by atoms with van der Waals surface area (Å²) < 4.78 is 0. The predicted molar refractivity (Wildman–Crippen MR) is 18.0 cm³/mol. The third-order valence-corrected chi connectivity index (χ3v) is 0. The zero-order valence-electron chi connectivity index (χ0n) is 3.38. The van der Waals surface area contributed by atoms with Gasteiger partial charge in [0.15, 0.2) is 0 Å². The molecule has 0 aliphatic rings. The molecule has 0 rings (SSSR count). The van der Waals surface area contributed by atoms with E-state index in [1.165, 1.54) is 0 Å². The summed E-state index contributed by atoms with van der Waals surface area (Å²) in [7, 11) is -3.37. The molecule has 0 aliphatic heterocycles. The van der Waals surface area contributed by atoms with Crippen LogP contribution in [0.25, 0.3) is 0 Å². The molecule has 0 amide bonds. The Morgan fingerprint density at radius 2 is 0.750 bits per heavy atom. The van der Waals surface area contributed by atoms with Gasteiger partial charge in [-0.3, -0.25) is 0 Å². The van der Waals surface area contributed by atoms with Gasteiger partial charge in [-0.1, -0.05) is 0 Å². The van der Waals surface area contributed by atoms with E-state index in [9.17, 15) is 0 Å². The van der Waals surface area contributed by atoms with E-state index in [4.69, 9.17) is 14.7 Å². The summed E-state index contributed by atoms with van der Waals surface area (Å²) in [5.41, 5.74) is 0. The minimum absolute atomic E-state index is 0. The first-order chi connectivity index (χ1) is 1.73. The second kappa shape index (κ2) is 22.6. The van der Waals surface area contributed by atoms with E-state index in [0.29, 0.717) is 0 Å². The van der Waals surface area contributed by atoms with E-state index >= 15 is 0 Å². The Morgan fingerprint density at radius 1 is 0.750 bits per heavy atom. The van der Waals surface area contributed by atoms with Crippen molar-refractivity contribution < 1.29 is 73.1 Å². The molecule has 0 spiro atoms. The minimum Gasteiger partial charge on any atom is -0.854 e. The molecular weight excluding hydrogens is 419 g/mol. The standard InChI is InChI=1S/O3P.H3P.3Rh/c1-4(2)3;;;;/h;1H3;;;/q-3;;;;. The van der Waals surface area contributed by atoms with Crippen molar-refractivity contribution >= 4 is 18.5 Å². The molecule has 0 aromatic heterocycles. The third-order valence-electron chi connectivity index (χ3n) is 0. The summed E-state index contributed by atoms with van der Waals surface area (Å²) in [4.78, 5) is 25.4. The zero-order chi connectivity index (χ0) is 3.58. The number of rotatable bonds is 0. The Labute approximate surface area is 90.9 Å². The van der Waals surface area contributed by atoms with Crippen LogP contribution in [0.15, 0.2) is 0 Å². The van der Waals surface area contributed by atoms with Gasteiger partial charge in [-0.15, -0.1) is 0 Å². The Morgan fingerprint density at radius 3 is 0.750 bits per heavy atom. The van der Waals surface area contributed by atoms with Gasteiger partial charge < -0.3 is 23.3 Å². The molecular formula is H3O3P2Rh3-3. The van der Waals surface area contributed by atoms with Gasteiger partial charge in [0, 0.05) is 58.4 Å². The van der Waals surface area contributed by atoms with E-state index in [0.717, 1.165) is 0 Å². The molecule has 0 heterocycles. The first-order valence-corrected chi connectivity index (χ1v) is 1.64. The second-order valence-corrected chi connectivity index (χ2v) is 0.671. The Bertz CT molecular complexity index is 17.2. The van der Waals surface area contributed by atoms with Crippen LogP contribution in [0.2, 0.25) is 0 Å². The van der Waals surface area contributed by atoms with E-state index in [1.54, 1.807) is 0 Å². The molecule has 0 aromatic rings. The van der Waals surface area contributed by atoms with E-state index in [2.05, 4.69) is 0 Å². The van der Waals surface area contributed by atoms with Crippen molar-refractivity contribution in [3.63, 3.8) is 0 Å². The fourth-order valence-electron chi connectivity index (χ4n) is 0. The molecule has 0 bridgehead atoms. The topological polar surface area (TPSA) is 69.2 Å². The van der Waals surface area contributed by atoms with Crippen molar-refractivity contribution in [2.75, 3.05) is 0 Å². The van der Waals surface area contributed by atoms with Crippen molar-refractivity contribution in [2.45, 2.75) is 0 Å². The second-order valence-electron chi connectivity index (χ2n) is 0.224. The zero-order valence-corrected chi connectivity index (χ0v) is 10.6. The molecule has 0 N–H and O–H groups in total. The monoisotopic (exact) mass is 422 g/mol. The molecule has 1 atom stereocenters. The molecule has 8 heavy (non-hydrogen) atoms. The van der Waals surface area contributed by atoms with Crippen LogP contribution in [0.4, 0.5) is 0 Å². The van der Waals surface area contributed by atoms with Crippen molar-refractivity contribution in [1.29, 1.82) is 0 Å². The van der Waals surface area contributed by atoms with Crippen molar-refractivity contribution in [3.8, 4) is 0 Å². The van der Waals surface area contributed by atoms with Gasteiger partial charge >= 0.3 is 0 Å². The quantitative estimate of drug-likeness (QED) is 0.317. The number of hydrogen-bond acceptors (Lipinski definition) is 3. The molecule has 0 aromatic carbocycles. The van der Waals surface area contributed by atoms with Crippen LogP contribution in [0, 0.1) is 0 Å². The molecule has 8 heteroatoms. The largest absolute Gasteiger partial charge is 0.854 e. The van der Waals surface area contributed by atoms with Crippen LogP contribution in [-0.2, 0) is 58.4 Å². The maximum atomic E-state index is 8.48. The van der Waals surface area contributed by atoms with Gasteiger partial charge in [-0.25, -0.2) is 0 Å². The molecule has 3 radical (unpaired) electrons. The van der Waals surface area contributed by atoms with Crippen LogP contribution < -0.4 is 14.7 Å². The van der Waals surface area contributed by atoms with Crippen LogP contribution in [-0.4, -0.2) is 0 Å².